The summed E-state index contributed by atoms with van der Waals surface area (Å²) in [6.07, 6.45) is 6.06. The van der Waals surface area contributed by atoms with Crippen LogP contribution in [0.3, 0.4) is 0 Å². The molecule has 13 heavy (non-hydrogen) atoms. The number of nitrogens with zero attached hydrogens (tertiary/aromatic N) is 1. The Labute approximate surface area is 80.5 Å². The first kappa shape index (κ1) is 9.97. The van der Waals surface area contributed by atoms with Gasteiger partial charge in [-0.2, -0.15) is 0 Å². The van der Waals surface area contributed by atoms with Crippen LogP contribution in [0.25, 0.3) is 0 Å². The smallest absolute Gasteiger partial charge is 0.0404 e. The molecule has 0 amide bonds. The average Bonchev–Trinajstić information content (AvgIpc) is 2.12. The summed E-state index contributed by atoms with van der Waals surface area (Å²) >= 11 is 0. The lowest BCUT2D eigenvalue weighted by Crippen LogP contribution is -1.98. The van der Waals surface area contributed by atoms with E-state index < -0.39 is 0 Å². The third kappa shape index (κ3) is 2.18. The quantitative estimate of drug-likeness (QED) is 0.643. The molecule has 1 rings (SSSR count). The van der Waals surface area contributed by atoms with Crippen LogP contribution < -0.4 is 0 Å². The predicted molar refractivity (Wildman–Crippen MR) is 57.0 cm³/mol. The van der Waals surface area contributed by atoms with Crippen molar-refractivity contribution < 1.29 is 0 Å². The Hall–Kier alpha value is -1.11. The number of aromatic nitrogens is 1. The molecule has 0 N–H and O–H groups in total. The third-order valence-electron chi connectivity index (χ3n) is 2.52. The molecule has 1 heteroatoms. The second kappa shape index (κ2) is 4.22. The average molecular weight is 175 g/mol. The van der Waals surface area contributed by atoms with Gasteiger partial charge in [-0.05, 0) is 50.3 Å². The van der Waals surface area contributed by atoms with Crippen LogP contribution in [-0.2, 0) is 6.42 Å². The summed E-state index contributed by atoms with van der Waals surface area (Å²) in [6, 6.07) is 0. The number of hydrogen-bond acceptors (Lipinski definition) is 1. The molecule has 0 bridgehead atoms. The number of allylic oxidation sites excluding steroid dienone is 1. The van der Waals surface area contributed by atoms with E-state index in [0.717, 1.165) is 18.5 Å². The maximum absolute atomic E-state index is 4.32. The fourth-order valence-electron chi connectivity index (χ4n) is 1.51. The maximum Gasteiger partial charge on any atom is 0.0404 e. The van der Waals surface area contributed by atoms with Gasteiger partial charge in [0, 0.05) is 11.9 Å². The van der Waals surface area contributed by atoms with E-state index in [1.807, 2.05) is 12.3 Å². The Bertz CT molecular complexity index is 313. The van der Waals surface area contributed by atoms with Crippen LogP contribution in [0.15, 0.2) is 18.9 Å². The molecule has 1 heterocycles. The van der Waals surface area contributed by atoms with Crippen LogP contribution in [0.1, 0.15) is 28.8 Å². The topological polar surface area (TPSA) is 12.9 Å². The summed E-state index contributed by atoms with van der Waals surface area (Å²) in [7, 11) is 0. The SMILES string of the molecule is C=CCCc1c(C)cnc(C)c1C. The number of pyridine rings is 1. The molecule has 1 aromatic rings. The molecular formula is C12H17N. The molecule has 0 spiro atoms. The van der Waals surface area contributed by atoms with Crippen molar-refractivity contribution in [2.24, 2.45) is 0 Å². The molecule has 0 aliphatic carbocycles. The van der Waals surface area contributed by atoms with Crippen molar-refractivity contribution in [1.29, 1.82) is 0 Å². The fraction of sp³-hybridized carbons (Fsp3) is 0.417. The normalized spacial score (nSPS) is 10.1. The minimum Gasteiger partial charge on any atom is -0.261 e. The maximum atomic E-state index is 4.32. The first-order valence-corrected chi connectivity index (χ1v) is 4.69. The molecule has 0 unspecified atom stereocenters. The molecule has 0 saturated heterocycles. The summed E-state index contributed by atoms with van der Waals surface area (Å²) in [4.78, 5) is 4.32. The molecule has 1 nitrogen and oxygen atoms in total. The van der Waals surface area contributed by atoms with Gasteiger partial charge in [-0.15, -0.1) is 6.58 Å². The van der Waals surface area contributed by atoms with Gasteiger partial charge in [0.15, 0.2) is 0 Å². The molecule has 0 fully saturated rings. The van der Waals surface area contributed by atoms with Crippen LogP contribution in [0, 0.1) is 20.8 Å². The second-order valence-electron chi connectivity index (χ2n) is 3.46. The number of hydrogen-bond donors (Lipinski definition) is 0. The van der Waals surface area contributed by atoms with Crippen molar-refractivity contribution in [3.63, 3.8) is 0 Å². The minimum absolute atomic E-state index is 1.05. The Morgan fingerprint density at radius 3 is 2.69 bits per heavy atom. The largest absolute Gasteiger partial charge is 0.261 e. The van der Waals surface area contributed by atoms with Crippen molar-refractivity contribution in [2.45, 2.75) is 33.6 Å². The van der Waals surface area contributed by atoms with Gasteiger partial charge in [0.1, 0.15) is 0 Å². The fourth-order valence-corrected chi connectivity index (χ4v) is 1.51. The summed E-state index contributed by atoms with van der Waals surface area (Å²) in [5.41, 5.74) is 5.21. The lowest BCUT2D eigenvalue weighted by atomic mass is 9.99. The first-order chi connectivity index (χ1) is 6.16. The van der Waals surface area contributed by atoms with Gasteiger partial charge in [0.25, 0.3) is 0 Å². The van der Waals surface area contributed by atoms with E-state index in [1.54, 1.807) is 0 Å². The molecule has 1 aromatic heterocycles. The molecular weight excluding hydrogens is 158 g/mol. The van der Waals surface area contributed by atoms with E-state index in [0.29, 0.717) is 0 Å². The van der Waals surface area contributed by atoms with Gasteiger partial charge < -0.3 is 0 Å². The first-order valence-electron chi connectivity index (χ1n) is 4.69. The van der Waals surface area contributed by atoms with Crippen molar-refractivity contribution >= 4 is 0 Å². The van der Waals surface area contributed by atoms with Gasteiger partial charge in [-0.25, -0.2) is 0 Å². The molecule has 0 aromatic carbocycles. The van der Waals surface area contributed by atoms with E-state index in [2.05, 4.69) is 32.3 Å². The highest BCUT2D eigenvalue weighted by Crippen LogP contribution is 2.16. The minimum atomic E-state index is 1.05. The van der Waals surface area contributed by atoms with E-state index in [-0.39, 0.29) is 0 Å². The van der Waals surface area contributed by atoms with Crippen LogP contribution in [-0.4, -0.2) is 4.98 Å². The second-order valence-corrected chi connectivity index (χ2v) is 3.46. The monoisotopic (exact) mass is 175 g/mol. The lowest BCUT2D eigenvalue weighted by molar-refractivity contribution is 0.948. The molecule has 70 valence electrons. The van der Waals surface area contributed by atoms with E-state index in [1.165, 1.54) is 16.7 Å². The van der Waals surface area contributed by atoms with Crippen molar-refractivity contribution in [3.05, 3.63) is 41.2 Å². The molecule has 0 aliphatic heterocycles. The number of rotatable bonds is 3. The van der Waals surface area contributed by atoms with Gasteiger partial charge in [0.2, 0.25) is 0 Å². The molecule has 0 saturated carbocycles. The van der Waals surface area contributed by atoms with Crippen molar-refractivity contribution in [3.8, 4) is 0 Å². The van der Waals surface area contributed by atoms with Gasteiger partial charge in [-0.3, -0.25) is 4.98 Å². The van der Waals surface area contributed by atoms with Crippen LogP contribution in [0.2, 0.25) is 0 Å². The zero-order valence-electron chi connectivity index (χ0n) is 8.72. The van der Waals surface area contributed by atoms with Crippen LogP contribution in [0.5, 0.6) is 0 Å². The predicted octanol–water partition coefficient (Wildman–Crippen LogP) is 3.13. The standard InChI is InChI=1S/C12H17N/c1-5-6-7-12-9(2)8-13-11(4)10(12)3/h5,8H,1,6-7H2,2-4H3. The molecule has 0 atom stereocenters. The van der Waals surface area contributed by atoms with E-state index in [9.17, 15) is 0 Å². The van der Waals surface area contributed by atoms with Gasteiger partial charge in [0.05, 0.1) is 0 Å². The molecule has 0 radical (unpaired) electrons. The third-order valence-corrected chi connectivity index (χ3v) is 2.52. The summed E-state index contributed by atoms with van der Waals surface area (Å²) < 4.78 is 0. The van der Waals surface area contributed by atoms with Crippen molar-refractivity contribution in [1.82, 2.24) is 4.98 Å². The highest BCUT2D eigenvalue weighted by molar-refractivity contribution is 5.34. The van der Waals surface area contributed by atoms with E-state index in [4.69, 9.17) is 0 Å². The summed E-state index contributed by atoms with van der Waals surface area (Å²) in [6.45, 7) is 10.1. The molecule has 0 aliphatic rings. The Morgan fingerprint density at radius 2 is 2.08 bits per heavy atom. The summed E-state index contributed by atoms with van der Waals surface area (Å²) in [5.74, 6) is 0. The van der Waals surface area contributed by atoms with Gasteiger partial charge in [-0.1, -0.05) is 6.08 Å². The Kier molecular flexibility index (Phi) is 3.24. The highest BCUT2D eigenvalue weighted by atomic mass is 14.7. The Morgan fingerprint density at radius 1 is 1.38 bits per heavy atom. The zero-order valence-corrected chi connectivity index (χ0v) is 8.72. The number of aryl methyl sites for hydroxylation is 2. The summed E-state index contributed by atoms with van der Waals surface area (Å²) in [5, 5.41) is 0. The lowest BCUT2D eigenvalue weighted by Gasteiger charge is -2.10. The zero-order chi connectivity index (χ0) is 9.84. The van der Waals surface area contributed by atoms with E-state index >= 15 is 0 Å². The Balaban J connectivity index is 3.02. The van der Waals surface area contributed by atoms with Crippen LogP contribution >= 0.6 is 0 Å². The van der Waals surface area contributed by atoms with Gasteiger partial charge >= 0.3 is 0 Å². The van der Waals surface area contributed by atoms with Crippen molar-refractivity contribution in [2.75, 3.05) is 0 Å². The highest BCUT2D eigenvalue weighted by Gasteiger charge is 2.04. The van der Waals surface area contributed by atoms with Crippen LogP contribution in [0.4, 0.5) is 0 Å².